The molecule has 0 fully saturated rings. The molecule has 0 amide bonds. The Morgan fingerprint density at radius 2 is 2.38 bits per heavy atom. The zero-order valence-electron chi connectivity index (χ0n) is 7.97. The van der Waals surface area contributed by atoms with Gasteiger partial charge in [-0.15, -0.1) is 0 Å². The maximum absolute atomic E-state index is 10.6. The van der Waals surface area contributed by atoms with Crippen molar-refractivity contribution in [1.82, 2.24) is 10.3 Å². The van der Waals surface area contributed by atoms with Gasteiger partial charge in [0.05, 0.1) is 0 Å². The topological polar surface area (TPSA) is 44.9 Å². The highest BCUT2D eigenvalue weighted by atomic mass is 16.1. The van der Waals surface area contributed by atoms with Crippen molar-refractivity contribution in [1.29, 1.82) is 0 Å². The van der Waals surface area contributed by atoms with Crippen molar-refractivity contribution in [2.75, 3.05) is 13.1 Å². The van der Waals surface area contributed by atoms with Gasteiger partial charge in [0, 0.05) is 31.4 Å². The molecule has 2 N–H and O–H groups in total. The van der Waals surface area contributed by atoms with Crippen LogP contribution in [-0.2, 0) is 11.2 Å². The Bertz CT molecular complexity index is 241. The molecule has 0 aliphatic rings. The molecule has 0 spiro atoms. The Balaban J connectivity index is 1.99. The summed E-state index contributed by atoms with van der Waals surface area (Å²) in [4.78, 5) is 13.7. The second kappa shape index (κ2) is 5.54. The predicted octanol–water partition coefficient (Wildman–Crippen LogP) is 1.13. The molecule has 0 bridgehead atoms. The standard InChI is InChI=1S/C10H16N2O/c1-9(13)4-7-11-8-5-10-3-2-6-12-10/h2-3,6,11-12H,4-5,7-8H2,1H3. The van der Waals surface area contributed by atoms with Crippen molar-refractivity contribution in [3.63, 3.8) is 0 Å². The van der Waals surface area contributed by atoms with Crippen LogP contribution in [-0.4, -0.2) is 23.9 Å². The van der Waals surface area contributed by atoms with Crippen LogP contribution in [0.25, 0.3) is 0 Å². The molecule has 0 saturated carbocycles. The van der Waals surface area contributed by atoms with Gasteiger partial charge in [0.1, 0.15) is 5.78 Å². The molecule has 0 radical (unpaired) electrons. The lowest BCUT2D eigenvalue weighted by Gasteiger charge is -2.01. The van der Waals surface area contributed by atoms with E-state index < -0.39 is 0 Å². The van der Waals surface area contributed by atoms with E-state index in [0.717, 1.165) is 19.5 Å². The van der Waals surface area contributed by atoms with Crippen LogP contribution in [0.1, 0.15) is 19.0 Å². The lowest BCUT2D eigenvalue weighted by molar-refractivity contribution is -0.116. The summed E-state index contributed by atoms with van der Waals surface area (Å²) < 4.78 is 0. The SMILES string of the molecule is CC(=O)CCNCCc1ccc[nH]1. The van der Waals surface area contributed by atoms with Crippen molar-refractivity contribution in [3.8, 4) is 0 Å². The van der Waals surface area contributed by atoms with Crippen molar-refractivity contribution in [2.24, 2.45) is 0 Å². The van der Waals surface area contributed by atoms with Crippen molar-refractivity contribution in [3.05, 3.63) is 24.0 Å². The lowest BCUT2D eigenvalue weighted by atomic mass is 10.3. The third-order valence-electron chi connectivity index (χ3n) is 1.89. The molecule has 3 heteroatoms. The van der Waals surface area contributed by atoms with Gasteiger partial charge in [0.2, 0.25) is 0 Å². The molecule has 13 heavy (non-hydrogen) atoms. The van der Waals surface area contributed by atoms with Crippen LogP contribution in [0, 0.1) is 0 Å². The summed E-state index contributed by atoms with van der Waals surface area (Å²) >= 11 is 0. The molecule has 0 aliphatic heterocycles. The number of carbonyl (C=O) groups is 1. The third kappa shape index (κ3) is 4.48. The second-order valence-corrected chi connectivity index (χ2v) is 3.15. The molecule has 0 aromatic carbocycles. The monoisotopic (exact) mass is 180 g/mol. The minimum absolute atomic E-state index is 0.243. The molecular formula is C10H16N2O. The van der Waals surface area contributed by atoms with Crippen molar-refractivity contribution < 1.29 is 4.79 Å². The average Bonchev–Trinajstić information content (AvgIpc) is 2.55. The van der Waals surface area contributed by atoms with Crippen molar-refractivity contribution >= 4 is 5.78 Å². The largest absolute Gasteiger partial charge is 0.365 e. The molecule has 0 unspecified atom stereocenters. The predicted molar refractivity (Wildman–Crippen MR) is 52.7 cm³/mol. The van der Waals surface area contributed by atoms with Gasteiger partial charge in [-0.1, -0.05) is 0 Å². The highest BCUT2D eigenvalue weighted by molar-refractivity contribution is 5.75. The first-order valence-electron chi connectivity index (χ1n) is 4.61. The fraction of sp³-hybridized carbons (Fsp3) is 0.500. The highest BCUT2D eigenvalue weighted by Crippen LogP contribution is 1.93. The zero-order valence-corrected chi connectivity index (χ0v) is 7.97. The summed E-state index contributed by atoms with van der Waals surface area (Å²) in [6.07, 6.45) is 3.54. The Hall–Kier alpha value is -1.09. The van der Waals surface area contributed by atoms with Gasteiger partial charge in [0.25, 0.3) is 0 Å². The van der Waals surface area contributed by atoms with Gasteiger partial charge < -0.3 is 10.3 Å². The van der Waals surface area contributed by atoms with E-state index in [1.54, 1.807) is 6.92 Å². The van der Waals surface area contributed by atoms with Gasteiger partial charge in [-0.05, 0) is 25.5 Å². The maximum Gasteiger partial charge on any atom is 0.131 e. The number of Topliss-reactive ketones (excluding diaryl/α,β-unsaturated/α-hetero) is 1. The Labute approximate surface area is 78.5 Å². The van der Waals surface area contributed by atoms with E-state index in [-0.39, 0.29) is 5.78 Å². The van der Waals surface area contributed by atoms with Gasteiger partial charge in [-0.3, -0.25) is 4.79 Å². The average molecular weight is 180 g/mol. The quantitative estimate of drug-likeness (QED) is 0.644. The molecule has 1 aromatic rings. The Kier molecular flexibility index (Phi) is 4.26. The first-order chi connectivity index (χ1) is 6.29. The summed E-state index contributed by atoms with van der Waals surface area (Å²) in [6.45, 7) is 3.33. The van der Waals surface area contributed by atoms with E-state index in [9.17, 15) is 4.79 Å². The molecule has 1 heterocycles. The molecule has 1 rings (SSSR count). The fourth-order valence-electron chi connectivity index (χ4n) is 1.14. The van der Waals surface area contributed by atoms with Gasteiger partial charge in [-0.2, -0.15) is 0 Å². The third-order valence-corrected chi connectivity index (χ3v) is 1.89. The molecule has 0 aliphatic carbocycles. The van der Waals surface area contributed by atoms with Crippen LogP contribution >= 0.6 is 0 Å². The van der Waals surface area contributed by atoms with E-state index >= 15 is 0 Å². The minimum atomic E-state index is 0.243. The van der Waals surface area contributed by atoms with Crippen LogP contribution in [0.15, 0.2) is 18.3 Å². The van der Waals surface area contributed by atoms with Crippen LogP contribution in [0.5, 0.6) is 0 Å². The first kappa shape index (κ1) is 9.99. The lowest BCUT2D eigenvalue weighted by Crippen LogP contribution is -2.20. The normalized spacial score (nSPS) is 10.2. The molecular weight excluding hydrogens is 164 g/mol. The van der Waals surface area contributed by atoms with Gasteiger partial charge >= 0.3 is 0 Å². The summed E-state index contributed by atoms with van der Waals surface area (Å²) in [5.74, 6) is 0.243. The molecule has 72 valence electrons. The molecule has 0 saturated heterocycles. The van der Waals surface area contributed by atoms with Crippen molar-refractivity contribution in [2.45, 2.75) is 19.8 Å². The Morgan fingerprint density at radius 3 is 3.00 bits per heavy atom. The van der Waals surface area contributed by atoms with E-state index in [2.05, 4.69) is 16.4 Å². The number of ketones is 1. The Morgan fingerprint density at radius 1 is 1.54 bits per heavy atom. The first-order valence-corrected chi connectivity index (χ1v) is 4.61. The zero-order chi connectivity index (χ0) is 9.52. The van der Waals surface area contributed by atoms with Crippen LogP contribution < -0.4 is 5.32 Å². The molecule has 0 atom stereocenters. The number of carbonyl (C=O) groups excluding carboxylic acids is 1. The number of nitrogens with one attached hydrogen (secondary N) is 2. The summed E-state index contributed by atoms with van der Waals surface area (Å²) in [6, 6.07) is 4.05. The second-order valence-electron chi connectivity index (χ2n) is 3.15. The number of aromatic nitrogens is 1. The summed E-state index contributed by atoms with van der Waals surface area (Å²) in [5, 5.41) is 3.21. The van der Waals surface area contributed by atoms with E-state index in [4.69, 9.17) is 0 Å². The molecule has 1 aromatic heterocycles. The maximum atomic E-state index is 10.6. The number of hydrogen-bond donors (Lipinski definition) is 2. The van der Waals surface area contributed by atoms with Gasteiger partial charge in [-0.25, -0.2) is 0 Å². The van der Waals surface area contributed by atoms with Crippen LogP contribution in [0.3, 0.4) is 0 Å². The van der Waals surface area contributed by atoms with Crippen LogP contribution in [0.4, 0.5) is 0 Å². The molecule has 3 nitrogen and oxygen atoms in total. The number of hydrogen-bond acceptors (Lipinski definition) is 2. The smallest absolute Gasteiger partial charge is 0.131 e. The summed E-state index contributed by atoms with van der Waals surface area (Å²) in [5.41, 5.74) is 1.23. The van der Waals surface area contributed by atoms with E-state index in [1.165, 1.54) is 5.69 Å². The van der Waals surface area contributed by atoms with E-state index in [0.29, 0.717) is 6.42 Å². The highest BCUT2D eigenvalue weighted by Gasteiger charge is 1.94. The number of rotatable bonds is 6. The fourth-order valence-corrected chi connectivity index (χ4v) is 1.14. The van der Waals surface area contributed by atoms with Gasteiger partial charge in [0.15, 0.2) is 0 Å². The number of aromatic amines is 1. The number of H-pyrrole nitrogens is 1. The minimum Gasteiger partial charge on any atom is -0.365 e. The van der Waals surface area contributed by atoms with E-state index in [1.807, 2.05) is 12.3 Å². The van der Waals surface area contributed by atoms with Crippen LogP contribution in [0.2, 0.25) is 0 Å². The summed E-state index contributed by atoms with van der Waals surface area (Å²) in [7, 11) is 0.